The molecule has 3 rings (SSSR count). The minimum atomic E-state index is -0.458. The molecule has 0 bridgehead atoms. The fourth-order valence-electron chi connectivity index (χ4n) is 3.58. The largest absolute Gasteiger partial charge is 0.391 e. The van der Waals surface area contributed by atoms with E-state index in [0.717, 1.165) is 19.3 Å². The lowest BCUT2D eigenvalue weighted by molar-refractivity contribution is -0.123. The lowest BCUT2D eigenvalue weighted by Gasteiger charge is -2.26. The van der Waals surface area contributed by atoms with Crippen molar-refractivity contribution in [2.24, 2.45) is 11.8 Å². The number of ether oxygens (including phenoxy) is 1. The Morgan fingerprint density at radius 2 is 1.92 bits per heavy atom. The van der Waals surface area contributed by atoms with Gasteiger partial charge in [0.1, 0.15) is 0 Å². The molecule has 0 radical (unpaired) electrons. The molecule has 24 heavy (non-hydrogen) atoms. The summed E-state index contributed by atoms with van der Waals surface area (Å²) in [6.07, 6.45) is 2.22. The van der Waals surface area contributed by atoms with Gasteiger partial charge in [0.2, 0.25) is 5.91 Å². The van der Waals surface area contributed by atoms with Crippen molar-refractivity contribution in [3.05, 3.63) is 35.4 Å². The molecule has 4 heteroatoms. The second-order valence-corrected chi connectivity index (χ2v) is 7.53. The molecular formula is C20H29NO3. The van der Waals surface area contributed by atoms with Gasteiger partial charge in [-0.1, -0.05) is 38.1 Å². The summed E-state index contributed by atoms with van der Waals surface area (Å²) in [5.41, 5.74) is 2.59. The molecule has 1 heterocycles. The highest BCUT2D eigenvalue weighted by atomic mass is 16.5. The maximum atomic E-state index is 12.3. The SMILES string of the molecule is CC(C)c1ccc([C@@H]2C[C@@H]2C(=O)NC[C@@H](O)C2CCOCC2)cc1. The van der Waals surface area contributed by atoms with Crippen LogP contribution in [-0.2, 0) is 9.53 Å². The molecule has 1 aliphatic heterocycles. The number of hydrogen-bond donors (Lipinski definition) is 2. The first-order valence-electron chi connectivity index (χ1n) is 9.19. The van der Waals surface area contributed by atoms with Gasteiger partial charge in [0.15, 0.2) is 0 Å². The van der Waals surface area contributed by atoms with Crippen LogP contribution < -0.4 is 5.32 Å². The molecule has 1 saturated carbocycles. The van der Waals surface area contributed by atoms with Crippen LogP contribution in [-0.4, -0.2) is 36.9 Å². The van der Waals surface area contributed by atoms with E-state index in [9.17, 15) is 9.90 Å². The zero-order valence-electron chi connectivity index (χ0n) is 14.7. The molecule has 1 aliphatic carbocycles. The molecule has 1 aromatic rings. The first-order valence-corrected chi connectivity index (χ1v) is 9.19. The van der Waals surface area contributed by atoms with Crippen molar-refractivity contribution in [2.75, 3.05) is 19.8 Å². The van der Waals surface area contributed by atoms with Gasteiger partial charge in [-0.05, 0) is 48.1 Å². The van der Waals surface area contributed by atoms with Gasteiger partial charge in [0.05, 0.1) is 6.10 Å². The van der Waals surface area contributed by atoms with Gasteiger partial charge < -0.3 is 15.2 Å². The van der Waals surface area contributed by atoms with E-state index in [2.05, 4.69) is 43.4 Å². The van der Waals surface area contributed by atoms with Gasteiger partial charge in [-0.15, -0.1) is 0 Å². The Labute approximate surface area is 144 Å². The third kappa shape index (κ3) is 4.17. The van der Waals surface area contributed by atoms with Gasteiger partial charge in [-0.25, -0.2) is 0 Å². The monoisotopic (exact) mass is 331 g/mol. The minimum Gasteiger partial charge on any atom is -0.391 e. The van der Waals surface area contributed by atoms with Gasteiger partial charge in [-0.3, -0.25) is 4.79 Å². The maximum absolute atomic E-state index is 12.3. The van der Waals surface area contributed by atoms with Crippen molar-refractivity contribution in [1.82, 2.24) is 5.32 Å². The van der Waals surface area contributed by atoms with Crippen LogP contribution in [0.3, 0.4) is 0 Å². The number of aliphatic hydroxyl groups excluding tert-OH is 1. The summed E-state index contributed by atoms with van der Waals surface area (Å²) in [6, 6.07) is 8.65. The molecule has 2 fully saturated rings. The summed E-state index contributed by atoms with van der Waals surface area (Å²) in [5.74, 6) is 1.27. The second kappa shape index (κ2) is 7.66. The van der Waals surface area contributed by atoms with Crippen LogP contribution in [0.2, 0.25) is 0 Å². The molecule has 4 nitrogen and oxygen atoms in total. The second-order valence-electron chi connectivity index (χ2n) is 7.53. The van der Waals surface area contributed by atoms with E-state index in [1.54, 1.807) is 0 Å². The summed E-state index contributed by atoms with van der Waals surface area (Å²) >= 11 is 0. The van der Waals surface area contributed by atoms with Crippen LogP contribution in [0.1, 0.15) is 56.1 Å². The Bertz CT molecular complexity index is 549. The zero-order valence-corrected chi connectivity index (χ0v) is 14.7. The lowest BCUT2D eigenvalue weighted by Crippen LogP contribution is -2.39. The lowest BCUT2D eigenvalue weighted by atomic mass is 9.94. The summed E-state index contributed by atoms with van der Waals surface area (Å²) in [5, 5.41) is 13.2. The third-order valence-corrected chi connectivity index (χ3v) is 5.45. The first kappa shape index (κ1) is 17.4. The molecule has 1 amide bonds. The highest BCUT2D eigenvalue weighted by molar-refractivity contribution is 5.82. The average molecular weight is 331 g/mol. The molecule has 2 N–H and O–H groups in total. The molecule has 0 spiro atoms. The molecule has 2 aliphatic rings. The Morgan fingerprint density at radius 1 is 1.25 bits per heavy atom. The first-order chi connectivity index (χ1) is 11.6. The Kier molecular flexibility index (Phi) is 5.57. The van der Waals surface area contributed by atoms with E-state index in [1.165, 1.54) is 11.1 Å². The van der Waals surface area contributed by atoms with Crippen LogP contribution in [0.15, 0.2) is 24.3 Å². The predicted molar refractivity (Wildman–Crippen MR) is 93.9 cm³/mol. The fourth-order valence-corrected chi connectivity index (χ4v) is 3.58. The van der Waals surface area contributed by atoms with Crippen molar-refractivity contribution >= 4 is 5.91 Å². The Balaban J connectivity index is 1.45. The highest BCUT2D eigenvalue weighted by Crippen LogP contribution is 2.47. The van der Waals surface area contributed by atoms with Gasteiger partial charge in [-0.2, -0.15) is 0 Å². The number of amides is 1. The number of hydrogen-bond acceptors (Lipinski definition) is 3. The number of carbonyl (C=O) groups is 1. The van der Waals surface area contributed by atoms with E-state index in [-0.39, 0.29) is 17.7 Å². The summed E-state index contributed by atoms with van der Waals surface area (Å²) in [4.78, 5) is 12.3. The number of carbonyl (C=O) groups excluding carboxylic acids is 1. The smallest absolute Gasteiger partial charge is 0.223 e. The number of aliphatic hydroxyl groups is 1. The van der Waals surface area contributed by atoms with E-state index in [0.29, 0.717) is 31.6 Å². The van der Waals surface area contributed by atoms with Crippen LogP contribution >= 0.6 is 0 Å². The standard InChI is InChI=1S/C20H29NO3/c1-13(2)14-3-5-15(6-4-14)17-11-18(17)20(23)21-12-19(22)16-7-9-24-10-8-16/h3-6,13,16-19,22H,7-12H2,1-2H3,(H,21,23)/t17-,18-,19+/m0/s1. The average Bonchev–Trinajstić information content (AvgIpc) is 3.41. The predicted octanol–water partition coefficient (Wildman–Crippen LogP) is 2.82. The molecule has 1 saturated heterocycles. The van der Waals surface area contributed by atoms with Gasteiger partial charge in [0, 0.05) is 25.7 Å². The van der Waals surface area contributed by atoms with Crippen LogP contribution in [0, 0.1) is 11.8 Å². The molecule has 3 atom stereocenters. The number of nitrogens with one attached hydrogen (secondary N) is 1. The van der Waals surface area contributed by atoms with Crippen molar-refractivity contribution in [1.29, 1.82) is 0 Å². The topological polar surface area (TPSA) is 58.6 Å². The van der Waals surface area contributed by atoms with Crippen molar-refractivity contribution < 1.29 is 14.6 Å². The van der Waals surface area contributed by atoms with Crippen LogP contribution in [0.25, 0.3) is 0 Å². The van der Waals surface area contributed by atoms with E-state index in [1.807, 2.05) is 0 Å². The molecule has 0 unspecified atom stereocenters. The van der Waals surface area contributed by atoms with Crippen LogP contribution in [0.5, 0.6) is 0 Å². The van der Waals surface area contributed by atoms with Crippen molar-refractivity contribution in [3.63, 3.8) is 0 Å². The Morgan fingerprint density at radius 3 is 2.54 bits per heavy atom. The van der Waals surface area contributed by atoms with E-state index < -0.39 is 6.10 Å². The van der Waals surface area contributed by atoms with E-state index >= 15 is 0 Å². The summed E-state index contributed by atoms with van der Waals surface area (Å²) < 4.78 is 5.31. The third-order valence-electron chi connectivity index (χ3n) is 5.45. The fraction of sp³-hybridized carbons (Fsp3) is 0.650. The Hall–Kier alpha value is -1.39. The normalized spacial score (nSPS) is 25.5. The minimum absolute atomic E-state index is 0.0665. The van der Waals surface area contributed by atoms with E-state index in [4.69, 9.17) is 4.74 Å². The maximum Gasteiger partial charge on any atom is 0.223 e. The van der Waals surface area contributed by atoms with Gasteiger partial charge in [0.25, 0.3) is 0 Å². The molecular weight excluding hydrogens is 302 g/mol. The van der Waals surface area contributed by atoms with Crippen LogP contribution in [0.4, 0.5) is 0 Å². The molecule has 1 aromatic carbocycles. The summed E-state index contributed by atoms with van der Waals surface area (Å²) in [7, 11) is 0. The van der Waals surface area contributed by atoms with Gasteiger partial charge >= 0.3 is 0 Å². The number of rotatable bonds is 6. The highest BCUT2D eigenvalue weighted by Gasteiger charge is 2.43. The molecule has 132 valence electrons. The molecule has 0 aromatic heterocycles. The quantitative estimate of drug-likeness (QED) is 0.843. The number of benzene rings is 1. The summed E-state index contributed by atoms with van der Waals surface area (Å²) in [6.45, 7) is 6.16. The zero-order chi connectivity index (χ0) is 17.1. The van der Waals surface area contributed by atoms with Crippen molar-refractivity contribution in [3.8, 4) is 0 Å². The van der Waals surface area contributed by atoms with Crippen molar-refractivity contribution in [2.45, 2.75) is 51.0 Å².